The molecule has 0 N–H and O–H groups in total. The zero-order valence-corrected chi connectivity index (χ0v) is 7.51. The van der Waals surface area contributed by atoms with Gasteiger partial charge in [0, 0.05) is 10.0 Å². The highest BCUT2D eigenvalue weighted by molar-refractivity contribution is 9.10. The number of alkyl halides is 2. The van der Waals surface area contributed by atoms with E-state index < -0.39 is 5.92 Å². The molecule has 0 heterocycles. The third-order valence-electron chi connectivity index (χ3n) is 1.36. The van der Waals surface area contributed by atoms with Crippen LogP contribution in [0.4, 0.5) is 8.78 Å². The van der Waals surface area contributed by atoms with Gasteiger partial charge in [-0.2, -0.15) is 8.78 Å². The largest absolute Gasteiger partial charge is 0.327 e. The van der Waals surface area contributed by atoms with Crippen LogP contribution in [0, 0.1) is 0 Å². The average Bonchev–Trinajstić information content (AvgIpc) is 2.05. The minimum absolute atomic E-state index is 0.299. The standard InChI is InChI=1S/C8H5BrF2O/c9-7-3-1-2-6(4-7)8(10,11)5-12/h1-5H. The first-order valence-electron chi connectivity index (χ1n) is 3.16. The van der Waals surface area contributed by atoms with Crippen molar-refractivity contribution in [2.75, 3.05) is 0 Å². The Balaban J connectivity index is 3.11. The molecule has 1 aromatic carbocycles. The summed E-state index contributed by atoms with van der Waals surface area (Å²) < 4.78 is 25.9. The van der Waals surface area contributed by atoms with Crippen molar-refractivity contribution in [3.63, 3.8) is 0 Å². The fraction of sp³-hybridized carbons (Fsp3) is 0.125. The van der Waals surface area contributed by atoms with Crippen LogP contribution in [0.1, 0.15) is 5.56 Å². The van der Waals surface area contributed by atoms with Crippen LogP contribution in [-0.4, -0.2) is 6.29 Å². The van der Waals surface area contributed by atoms with Crippen molar-refractivity contribution in [2.45, 2.75) is 5.92 Å². The number of halogens is 3. The van der Waals surface area contributed by atoms with Gasteiger partial charge < -0.3 is 0 Å². The number of carbonyl (C=O) groups is 1. The first-order valence-corrected chi connectivity index (χ1v) is 3.96. The highest BCUT2D eigenvalue weighted by atomic mass is 79.9. The van der Waals surface area contributed by atoms with Crippen molar-refractivity contribution in [1.82, 2.24) is 0 Å². The molecular weight excluding hydrogens is 230 g/mol. The summed E-state index contributed by atoms with van der Waals surface area (Å²) in [6, 6.07) is 5.49. The van der Waals surface area contributed by atoms with E-state index in [0.717, 1.165) is 0 Å². The molecule has 0 radical (unpaired) electrons. The summed E-state index contributed by atoms with van der Waals surface area (Å²) in [5.74, 6) is -3.39. The van der Waals surface area contributed by atoms with E-state index in [1.807, 2.05) is 0 Å². The minimum atomic E-state index is -3.39. The number of hydrogen-bond acceptors (Lipinski definition) is 1. The van der Waals surface area contributed by atoms with E-state index in [-0.39, 0.29) is 11.8 Å². The minimum Gasteiger partial charge on any atom is -0.296 e. The third-order valence-corrected chi connectivity index (χ3v) is 1.85. The van der Waals surface area contributed by atoms with Crippen LogP contribution < -0.4 is 0 Å². The molecule has 1 nitrogen and oxygen atoms in total. The maximum Gasteiger partial charge on any atom is 0.327 e. The number of carbonyl (C=O) groups excluding carboxylic acids is 1. The Morgan fingerprint density at radius 2 is 2.08 bits per heavy atom. The number of rotatable bonds is 2. The van der Waals surface area contributed by atoms with Gasteiger partial charge >= 0.3 is 5.92 Å². The van der Waals surface area contributed by atoms with Crippen molar-refractivity contribution >= 4 is 22.2 Å². The van der Waals surface area contributed by atoms with E-state index in [9.17, 15) is 13.6 Å². The molecule has 0 unspecified atom stereocenters. The first-order chi connectivity index (χ1) is 5.56. The molecule has 0 amide bonds. The van der Waals surface area contributed by atoms with Crippen LogP contribution in [0.5, 0.6) is 0 Å². The van der Waals surface area contributed by atoms with Gasteiger partial charge in [-0.15, -0.1) is 0 Å². The Morgan fingerprint density at radius 1 is 1.42 bits per heavy atom. The van der Waals surface area contributed by atoms with Gasteiger partial charge in [-0.25, -0.2) is 0 Å². The van der Waals surface area contributed by atoms with Gasteiger partial charge in [-0.1, -0.05) is 28.1 Å². The zero-order chi connectivity index (χ0) is 9.19. The SMILES string of the molecule is O=CC(F)(F)c1cccc(Br)c1. The van der Waals surface area contributed by atoms with Crippen LogP contribution in [-0.2, 0) is 10.7 Å². The predicted octanol–water partition coefficient (Wildman–Crippen LogP) is 2.74. The molecule has 64 valence electrons. The van der Waals surface area contributed by atoms with Crippen LogP contribution in [0.25, 0.3) is 0 Å². The maximum absolute atomic E-state index is 12.7. The zero-order valence-electron chi connectivity index (χ0n) is 5.93. The second-order valence-corrected chi connectivity index (χ2v) is 3.17. The number of hydrogen-bond donors (Lipinski definition) is 0. The van der Waals surface area contributed by atoms with Gasteiger partial charge in [-0.3, -0.25) is 4.79 Å². The summed E-state index contributed by atoms with van der Waals surface area (Å²) in [5, 5.41) is 0. The molecule has 0 aromatic heterocycles. The van der Waals surface area contributed by atoms with Gasteiger partial charge in [0.2, 0.25) is 0 Å². The summed E-state index contributed by atoms with van der Waals surface area (Å²) >= 11 is 3.03. The summed E-state index contributed by atoms with van der Waals surface area (Å²) in [4.78, 5) is 9.97. The lowest BCUT2D eigenvalue weighted by Gasteiger charge is -2.08. The van der Waals surface area contributed by atoms with Gasteiger partial charge in [0.25, 0.3) is 0 Å². The molecule has 0 atom stereocenters. The van der Waals surface area contributed by atoms with E-state index in [2.05, 4.69) is 15.9 Å². The average molecular weight is 235 g/mol. The van der Waals surface area contributed by atoms with Crippen molar-refractivity contribution in [3.8, 4) is 0 Å². The topological polar surface area (TPSA) is 17.1 Å². The molecule has 1 rings (SSSR count). The van der Waals surface area contributed by atoms with E-state index in [4.69, 9.17) is 0 Å². The van der Waals surface area contributed by atoms with Gasteiger partial charge in [0.1, 0.15) is 0 Å². The molecule has 0 saturated heterocycles. The monoisotopic (exact) mass is 234 g/mol. The van der Waals surface area contributed by atoms with Crippen molar-refractivity contribution in [3.05, 3.63) is 34.3 Å². The highest BCUT2D eigenvalue weighted by Crippen LogP contribution is 2.27. The molecular formula is C8H5BrF2O. The first kappa shape index (κ1) is 9.32. The lowest BCUT2D eigenvalue weighted by Crippen LogP contribution is -2.14. The predicted molar refractivity (Wildman–Crippen MR) is 44.1 cm³/mol. The molecule has 0 fully saturated rings. The molecule has 0 spiro atoms. The van der Waals surface area contributed by atoms with E-state index in [0.29, 0.717) is 4.47 Å². The Bertz CT molecular complexity index is 299. The van der Waals surface area contributed by atoms with Gasteiger partial charge in [-0.05, 0) is 12.1 Å². The molecule has 4 heteroatoms. The molecule has 0 aliphatic rings. The molecule has 0 aliphatic heterocycles. The second-order valence-electron chi connectivity index (χ2n) is 2.25. The number of benzene rings is 1. The Labute approximate surface area is 76.5 Å². The summed E-state index contributed by atoms with van der Waals surface area (Å²) in [6.07, 6.45) is -0.366. The lowest BCUT2D eigenvalue weighted by molar-refractivity contribution is -0.130. The molecule has 0 bridgehead atoms. The van der Waals surface area contributed by atoms with Crippen LogP contribution in [0.2, 0.25) is 0 Å². The summed E-state index contributed by atoms with van der Waals surface area (Å²) in [7, 11) is 0. The smallest absolute Gasteiger partial charge is 0.296 e. The van der Waals surface area contributed by atoms with E-state index in [1.165, 1.54) is 18.2 Å². The fourth-order valence-corrected chi connectivity index (χ4v) is 1.16. The van der Waals surface area contributed by atoms with Crippen LogP contribution in [0.15, 0.2) is 28.7 Å². The van der Waals surface area contributed by atoms with Crippen molar-refractivity contribution < 1.29 is 13.6 Å². The van der Waals surface area contributed by atoms with Crippen LogP contribution in [0.3, 0.4) is 0 Å². The van der Waals surface area contributed by atoms with Crippen molar-refractivity contribution in [1.29, 1.82) is 0 Å². The summed E-state index contributed by atoms with van der Waals surface area (Å²) in [5.41, 5.74) is -0.299. The molecule has 1 aromatic rings. The van der Waals surface area contributed by atoms with Crippen LogP contribution >= 0.6 is 15.9 Å². The Kier molecular flexibility index (Phi) is 2.57. The normalized spacial score (nSPS) is 11.2. The number of aldehydes is 1. The van der Waals surface area contributed by atoms with E-state index >= 15 is 0 Å². The van der Waals surface area contributed by atoms with E-state index in [1.54, 1.807) is 6.07 Å². The highest BCUT2D eigenvalue weighted by Gasteiger charge is 2.30. The molecule has 0 aliphatic carbocycles. The van der Waals surface area contributed by atoms with Gasteiger partial charge in [0.05, 0.1) is 0 Å². The summed E-state index contributed by atoms with van der Waals surface area (Å²) in [6.45, 7) is 0. The fourth-order valence-electron chi connectivity index (χ4n) is 0.764. The second kappa shape index (κ2) is 3.31. The Morgan fingerprint density at radius 3 is 2.58 bits per heavy atom. The molecule has 12 heavy (non-hydrogen) atoms. The Hall–Kier alpha value is -0.770. The van der Waals surface area contributed by atoms with Crippen molar-refractivity contribution in [2.24, 2.45) is 0 Å². The maximum atomic E-state index is 12.7. The van der Waals surface area contributed by atoms with Gasteiger partial charge in [0.15, 0.2) is 6.29 Å². The quantitative estimate of drug-likeness (QED) is 0.720. The molecule has 0 saturated carbocycles. The third kappa shape index (κ3) is 1.88. The lowest BCUT2D eigenvalue weighted by atomic mass is 10.1.